The van der Waals surface area contributed by atoms with Crippen LogP contribution < -0.4 is 5.32 Å². The smallest absolute Gasteiger partial charge is 0.243 e. The highest BCUT2D eigenvalue weighted by Gasteiger charge is 2.23. The van der Waals surface area contributed by atoms with Gasteiger partial charge in [-0.25, -0.2) is 8.42 Å². The van der Waals surface area contributed by atoms with Crippen molar-refractivity contribution in [2.75, 3.05) is 18.9 Å². The van der Waals surface area contributed by atoms with Gasteiger partial charge >= 0.3 is 0 Å². The summed E-state index contributed by atoms with van der Waals surface area (Å²) < 4.78 is 26.3. The molecule has 0 spiro atoms. The summed E-state index contributed by atoms with van der Waals surface area (Å²) in [6.07, 6.45) is 5.09. The van der Waals surface area contributed by atoms with E-state index in [0.29, 0.717) is 16.5 Å². The molecule has 1 fully saturated rings. The molecule has 2 aromatic carbocycles. The lowest BCUT2D eigenvalue weighted by Gasteiger charge is -2.17. The van der Waals surface area contributed by atoms with Gasteiger partial charge in [0.05, 0.1) is 11.4 Å². The molecule has 1 aliphatic carbocycles. The van der Waals surface area contributed by atoms with Crippen molar-refractivity contribution >= 4 is 39.2 Å². The van der Waals surface area contributed by atoms with Crippen molar-refractivity contribution in [2.24, 2.45) is 0 Å². The molecular formula is C22H26N2O4S2. The van der Waals surface area contributed by atoms with E-state index >= 15 is 0 Å². The van der Waals surface area contributed by atoms with Gasteiger partial charge in [0.15, 0.2) is 5.78 Å². The van der Waals surface area contributed by atoms with Crippen LogP contribution in [0.4, 0.5) is 5.69 Å². The minimum absolute atomic E-state index is 0.0380. The highest BCUT2D eigenvalue weighted by Crippen LogP contribution is 2.34. The molecule has 3 rings (SSSR count). The molecule has 0 atom stereocenters. The number of sulfonamides is 1. The minimum atomic E-state index is -3.83. The molecule has 0 heterocycles. The molecule has 1 aliphatic rings. The molecule has 1 N–H and O–H groups in total. The van der Waals surface area contributed by atoms with Crippen molar-refractivity contribution in [3.8, 4) is 0 Å². The maximum Gasteiger partial charge on any atom is 0.243 e. The third kappa shape index (κ3) is 5.71. The zero-order chi connectivity index (χ0) is 21.7. The predicted molar refractivity (Wildman–Crippen MR) is 119 cm³/mol. The number of carbonyl (C=O) groups is 2. The Hall–Kier alpha value is -2.16. The Bertz CT molecular complexity index is 996. The average molecular weight is 447 g/mol. The van der Waals surface area contributed by atoms with Gasteiger partial charge in [-0.3, -0.25) is 9.59 Å². The number of thioether (sulfide) groups is 1. The van der Waals surface area contributed by atoms with E-state index in [9.17, 15) is 18.0 Å². The third-order valence-electron chi connectivity index (χ3n) is 5.08. The van der Waals surface area contributed by atoms with Gasteiger partial charge < -0.3 is 5.32 Å². The molecule has 0 saturated heterocycles. The zero-order valence-corrected chi connectivity index (χ0v) is 18.8. The first-order chi connectivity index (χ1) is 14.3. The number of carbonyl (C=O) groups excluding carboxylic acids is 2. The van der Waals surface area contributed by atoms with Crippen molar-refractivity contribution in [3.63, 3.8) is 0 Å². The second-order valence-corrected chi connectivity index (χ2v) is 10.9. The van der Waals surface area contributed by atoms with Crippen LogP contribution in [0.1, 0.15) is 43.0 Å². The molecule has 6 nitrogen and oxygen atoms in total. The highest BCUT2D eigenvalue weighted by atomic mass is 32.2. The molecular weight excluding hydrogens is 420 g/mol. The molecule has 160 valence electrons. The van der Waals surface area contributed by atoms with Crippen LogP contribution in [-0.4, -0.2) is 43.3 Å². The zero-order valence-electron chi connectivity index (χ0n) is 17.1. The number of amides is 1. The van der Waals surface area contributed by atoms with E-state index in [-0.39, 0.29) is 17.2 Å². The Balaban J connectivity index is 1.57. The van der Waals surface area contributed by atoms with Gasteiger partial charge in [-0.1, -0.05) is 25.0 Å². The summed E-state index contributed by atoms with van der Waals surface area (Å²) in [6.45, 7) is 1.11. The molecule has 0 bridgehead atoms. The number of hydrogen-bond donors (Lipinski definition) is 1. The van der Waals surface area contributed by atoms with Crippen molar-refractivity contribution in [3.05, 3.63) is 54.1 Å². The van der Waals surface area contributed by atoms with Crippen LogP contribution in [0.15, 0.2) is 58.3 Å². The first kappa shape index (κ1) is 22.5. The number of ketones is 1. The number of anilines is 1. The largest absolute Gasteiger partial charge is 0.325 e. The highest BCUT2D eigenvalue weighted by molar-refractivity contribution is 8.00. The average Bonchev–Trinajstić information content (AvgIpc) is 3.22. The number of rotatable bonds is 8. The SMILES string of the molecule is CC(=O)c1ccc(S(=O)(=O)N(C)CC(=O)Nc2ccc(SC3CCCC3)cc2)cc1. The molecule has 0 aromatic heterocycles. The molecule has 0 radical (unpaired) electrons. The fraction of sp³-hybridized carbons (Fsp3) is 0.364. The number of benzene rings is 2. The van der Waals surface area contributed by atoms with E-state index in [0.717, 1.165) is 4.31 Å². The van der Waals surface area contributed by atoms with Crippen LogP contribution in [0.25, 0.3) is 0 Å². The summed E-state index contributed by atoms with van der Waals surface area (Å²) in [5, 5.41) is 3.42. The van der Waals surface area contributed by atoms with Crippen molar-refractivity contribution in [1.82, 2.24) is 4.31 Å². The third-order valence-corrected chi connectivity index (χ3v) is 8.24. The van der Waals surface area contributed by atoms with E-state index in [1.54, 1.807) is 0 Å². The molecule has 0 aliphatic heterocycles. The maximum atomic E-state index is 12.7. The summed E-state index contributed by atoms with van der Waals surface area (Å²) in [5.74, 6) is -0.558. The summed E-state index contributed by atoms with van der Waals surface area (Å²) in [5.41, 5.74) is 1.07. The standard InChI is InChI=1S/C22H26N2O4S2/c1-16(25)17-7-13-21(14-8-17)30(27,28)24(2)15-22(26)23-18-9-11-20(12-10-18)29-19-5-3-4-6-19/h7-14,19H,3-6,15H2,1-2H3,(H,23,26). The van der Waals surface area contributed by atoms with Crippen molar-refractivity contribution in [1.29, 1.82) is 0 Å². The quantitative estimate of drug-likeness (QED) is 0.615. The van der Waals surface area contributed by atoms with Crippen LogP contribution in [0.3, 0.4) is 0 Å². The van der Waals surface area contributed by atoms with E-state index in [1.165, 1.54) is 68.8 Å². The van der Waals surface area contributed by atoms with Gasteiger partial charge in [0.2, 0.25) is 15.9 Å². The number of likely N-dealkylation sites (N-methyl/N-ethyl adjacent to an activating group) is 1. The summed E-state index contributed by atoms with van der Waals surface area (Å²) in [7, 11) is -2.47. The summed E-state index contributed by atoms with van der Waals surface area (Å²) >= 11 is 1.87. The van der Waals surface area contributed by atoms with Gasteiger partial charge in [-0.15, -0.1) is 11.8 Å². The second-order valence-electron chi connectivity index (χ2n) is 7.44. The number of hydrogen-bond acceptors (Lipinski definition) is 5. The van der Waals surface area contributed by atoms with Gasteiger partial charge in [0.25, 0.3) is 0 Å². The summed E-state index contributed by atoms with van der Waals surface area (Å²) in [4.78, 5) is 24.9. The maximum absolute atomic E-state index is 12.7. The van der Waals surface area contributed by atoms with Crippen LogP contribution in [-0.2, 0) is 14.8 Å². The van der Waals surface area contributed by atoms with Crippen molar-refractivity contribution < 1.29 is 18.0 Å². The first-order valence-corrected chi connectivity index (χ1v) is 12.2. The van der Waals surface area contributed by atoms with Crippen LogP contribution >= 0.6 is 11.8 Å². The van der Waals surface area contributed by atoms with Crippen LogP contribution in [0, 0.1) is 0 Å². The van der Waals surface area contributed by atoms with Crippen LogP contribution in [0.5, 0.6) is 0 Å². The monoisotopic (exact) mass is 446 g/mol. The lowest BCUT2D eigenvalue weighted by Crippen LogP contribution is -2.35. The summed E-state index contributed by atoms with van der Waals surface area (Å²) in [6, 6.07) is 13.3. The fourth-order valence-electron chi connectivity index (χ4n) is 3.34. The lowest BCUT2D eigenvalue weighted by molar-refractivity contribution is -0.116. The minimum Gasteiger partial charge on any atom is -0.325 e. The van der Waals surface area contributed by atoms with E-state index in [4.69, 9.17) is 0 Å². The van der Waals surface area contributed by atoms with Crippen molar-refractivity contribution in [2.45, 2.75) is 47.6 Å². The van der Waals surface area contributed by atoms with Gasteiger partial charge in [0.1, 0.15) is 0 Å². The fourth-order valence-corrected chi connectivity index (χ4v) is 5.72. The van der Waals surface area contributed by atoms with Crippen LogP contribution in [0.2, 0.25) is 0 Å². The Morgan fingerprint density at radius 1 is 1.03 bits per heavy atom. The number of nitrogens with one attached hydrogen (secondary N) is 1. The van der Waals surface area contributed by atoms with Gasteiger partial charge in [-0.05, 0) is 56.2 Å². The number of Topliss-reactive ketones (excluding diaryl/α,β-unsaturated/α-hetero) is 1. The predicted octanol–water partition coefficient (Wildman–Crippen LogP) is 4.18. The van der Waals surface area contributed by atoms with E-state index in [1.807, 2.05) is 36.0 Å². The molecule has 2 aromatic rings. The molecule has 8 heteroatoms. The first-order valence-electron chi connectivity index (χ1n) is 9.89. The van der Waals surface area contributed by atoms with Gasteiger partial charge in [-0.2, -0.15) is 4.31 Å². The normalized spacial score (nSPS) is 14.8. The van der Waals surface area contributed by atoms with E-state index in [2.05, 4.69) is 5.32 Å². The Morgan fingerprint density at radius 2 is 1.63 bits per heavy atom. The Morgan fingerprint density at radius 3 is 2.20 bits per heavy atom. The topological polar surface area (TPSA) is 83.6 Å². The van der Waals surface area contributed by atoms with E-state index < -0.39 is 15.9 Å². The Labute approximate surface area is 182 Å². The lowest BCUT2D eigenvalue weighted by atomic mass is 10.2. The molecule has 0 unspecified atom stereocenters. The number of nitrogens with zero attached hydrogens (tertiary/aromatic N) is 1. The van der Waals surface area contributed by atoms with Gasteiger partial charge in [0, 0.05) is 28.4 Å². The second kappa shape index (κ2) is 9.76. The molecule has 1 saturated carbocycles. The molecule has 1 amide bonds. The molecule has 30 heavy (non-hydrogen) atoms. The Kier molecular flexibility index (Phi) is 7.33.